The van der Waals surface area contributed by atoms with Gasteiger partial charge in [0, 0.05) is 5.56 Å². The van der Waals surface area contributed by atoms with Gasteiger partial charge >= 0.3 is 18.0 Å². The lowest BCUT2D eigenvalue weighted by molar-refractivity contribution is -0.207. The highest BCUT2D eigenvalue weighted by Crippen LogP contribution is 2.49. The Balaban J connectivity index is 2.10. The topological polar surface area (TPSA) is 53.4 Å². The Labute approximate surface area is 148 Å². The molecule has 1 aromatic heterocycles. The molecule has 0 saturated heterocycles. The van der Waals surface area contributed by atoms with Gasteiger partial charge in [0.2, 0.25) is 0 Å². The second-order valence-electron chi connectivity index (χ2n) is 5.60. The van der Waals surface area contributed by atoms with Crippen LogP contribution >= 0.6 is 11.6 Å². The molecule has 2 heterocycles. The number of hydrogen-bond donors (Lipinski definition) is 1. The zero-order valence-electron chi connectivity index (χ0n) is 12.8. The second-order valence-corrected chi connectivity index (χ2v) is 5.99. The molecule has 10 heteroatoms. The van der Waals surface area contributed by atoms with E-state index in [2.05, 4.69) is 4.98 Å². The van der Waals surface area contributed by atoms with Crippen LogP contribution in [0.15, 0.2) is 36.4 Å². The van der Waals surface area contributed by atoms with Crippen molar-refractivity contribution in [2.24, 2.45) is 0 Å². The van der Waals surface area contributed by atoms with Crippen LogP contribution in [0.3, 0.4) is 0 Å². The summed E-state index contributed by atoms with van der Waals surface area (Å²) in [5.41, 5.74) is -2.45. The van der Waals surface area contributed by atoms with E-state index in [9.17, 15) is 31.9 Å². The minimum absolute atomic E-state index is 0.0716. The van der Waals surface area contributed by atoms with Crippen LogP contribution < -0.4 is 4.90 Å². The number of rotatable bonds is 3. The molecule has 0 fully saturated rings. The van der Waals surface area contributed by atoms with Crippen LogP contribution in [0.2, 0.25) is 5.15 Å². The smallest absolute Gasteiger partial charge is 0.379 e. The Kier molecular flexibility index (Phi) is 4.40. The van der Waals surface area contributed by atoms with Crippen molar-refractivity contribution >= 4 is 23.2 Å². The monoisotopic (exact) mass is 392 g/mol. The molecule has 1 N–H and O–H groups in total. The van der Waals surface area contributed by atoms with E-state index in [0.717, 1.165) is 18.2 Å². The average molecular weight is 393 g/mol. The van der Waals surface area contributed by atoms with E-state index < -0.39 is 47.5 Å². The highest BCUT2D eigenvalue weighted by molar-refractivity contribution is 6.29. The number of aliphatic hydroxyl groups excluding tert-OH is 1. The molecule has 1 unspecified atom stereocenters. The van der Waals surface area contributed by atoms with Crippen molar-refractivity contribution in [3.63, 3.8) is 0 Å². The van der Waals surface area contributed by atoms with Gasteiger partial charge in [-0.1, -0.05) is 29.8 Å². The van der Waals surface area contributed by atoms with Crippen molar-refractivity contribution < 1.29 is 31.9 Å². The third-order valence-corrected chi connectivity index (χ3v) is 4.10. The fourth-order valence-corrected chi connectivity index (χ4v) is 2.95. The summed E-state index contributed by atoms with van der Waals surface area (Å²) in [5.74, 6) is -5.91. The van der Waals surface area contributed by atoms with Crippen LogP contribution in [0.5, 0.6) is 0 Å². The van der Waals surface area contributed by atoms with Crippen molar-refractivity contribution in [2.75, 3.05) is 4.90 Å². The average Bonchev–Trinajstić information content (AvgIpc) is 2.74. The highest BCUT2D eigenvalue weighted by Gasteiger charge is 2.56. The van der Waals surface area contributed by atoms with Crippen molar-refractivity contribution in [3.8, 4) is 0 Å². The summed E-state index contributed by atoms with van der Waals surface area (Å²) in [6.45, 7) is -0.409. The zero-order valence-corrected chi connectivity index (χ0v) is 13.5. The van der Waals surface area contributed by atoms with Crippen LogP contribution in [0, 0.1) is 0 Å². The van der Waals surface area contributed by atoms with Crippen LogP contribution in [0.1, 0.15) is 22.9 Å². The Hall–Kier alpha value is -2.26. The second kappa shape index (κ2) is 6.17. The van der Waals surface area contributed by atoms with Crippen molar-refractivity contribution in [3.05, 3.63) is 58.4 Å². The number of aliphatic hydroxyl groups is 1. The zero-order chi connectivity index (χ0) is 19.3. The lowest BCUT2D eigenvalue weighted by Crippen LogP contribution is -2.34. The third kappa shape index (κ3) is 3.01. The van der Waals surface area contributed by atoms with Gasteiger partial charge in [0.1, 0.15) is 5.15 Å². The van der Waals surface area contributed by atoms with Crippen LogP contribution in [0.25, 0.3) is 0 Å². The lowest BCUT2D eigenvalue weighted by Gasteiger charge is -2.19. The first-order chi connectivity index (χ1) is 12.0. The highest BCUT2D eigenvalue weighted by atomic mass is 35.5. The number of fused-ring (bicyclic) bond motifs is 1. The van der Waals surface area contributed by atoms with Gasteiger partial charge in [-0.2, -0.15) is 22.0 Å². The third-order valence-electron chi connectivity index (χ3n) is 3.89. The fraction of sp³-hybridized carbons (Fsp3) is 0.250. The van der Waals surface area contributed by atoms with Gasteiger partial charge in [-0.05, 0) is 18.2 Å². The summed E-state index contributed by atoms with van der Waals surface area (Å²) in [6.07, 6.45) is -8.30. The van der Waals surface area contributed by atoms with E-state index in [0.29, 0.717) is 4.90 Å². The number of hydrogen-bond acceptors (Lipinski definition) is 3. The van der Waals surface area contributed by atoms with Gasteiger partial charge in [-0.25, -0.2) is 4.98 Å². The number of carbonyl (C=O) groups is 1. The standard InChI is InChI=1S/C16H10ClF5N2O2/c17-11-6-1-3-8(23-11)7-24-10-5-2-4-9(13(25)16(20,21)22)12(10)15(18,19)14(24)26/h1-6,13,25H,7H2. The van der Waals surface area contributed by atoms with Crippen LogP contribution in [-0.4, -0.2) is 22.2 Å². The number of alkyl halides is 5. The quantitative estimate of drug-likeness (QED) is 0.635. The molecule has 3 rings (SSSR count). The summed E-state index contributed by atoms with van der Waals surface area (Å²) in [6, 6.07) is 7.25. The first kappa shape index (κ1) is 18.5. The van der Waals surface area contributed by atoms with E-state index in [4.69, 9.17) is 11.6 Å². The van der Waals surface area contributed by atoms with Gasteiger partial charge in [0.05, 0.1) is 23.5 Å². The molecule has 0 spiro atoms. The molecule has 138 valence electrons. The molecule has 1 aliphatic rings. The molecule has 0 aliphatic carbocycles. The normalized spacial score (nSPS) is 17.3. The Morgan fingerprint density at radius 1 is 1.19 bits per heavy atom. The van der Waals surface area contributed by atoms with Crippen molar-refractivity contribution in [2.45, 2.75) is 24.7 Å². The molecular formula is C16H10ClF5N2O2. The Bertz CT molecular complexity index is 872. The predicted octanol–water partition coefficient (Wildman–Crippen LogP) is 3.97. The van der Waals surface area contributed by atoms with Crippen molar-refractivity contribution in [1.82, 2.24) is 4.98 Å². The predicted molar refractivity (Wildman–Crippen MR) is 81.8 cm³/mol. The maximum Gasteiger partial charge on any atom is 0.418 e. The molecule has 0 radical (unpaired) electrons. The van der Waals surface area contributed by atoms with E-state index in [1.807, 2.05) is 0 Å². The number of pyridine rings is 1. The lowest BCUT2D eigenvalue weighted by atomic mass is 9.97. The number of carbonyl (C=O) groups excluding carboxylic acids is 1. The van der Waals surface area contributed by atoms with E-state index in [1.54, 1.807) is 0 Å². The van der Waals surface area contributed by atoms with Crippen molar-refractivity contribution in [1.29, 1.82) is 0 Å². The Morgan fingerprint density at radius 2 is 1.85 bits per heavy atom. The van der Waals surface area contributed by atoms with E-state index >= 15 is 0 Å². The fourth-order valence-electron chi connectivity index (χ4n) is 2.77. The number of amides is 1. The molecule has 1 aromatic carbocycles. The maximum atomic E-state index is 14.5. The first-order valence-corrected chi connectivity index (χ1v) is 7.60. The SMILES string of the molecule is O=C1N(Cc2cccc(Cl)n2)c2cccc(C(O)C(F)(F)F)c2C1(F)F. The summed E-state index contributed by atoms with van der Waals surface area (Å²) >= 11 is 5.72. The molecule has 1 aliphatic heterocycles. The molecule has 1 amide bonds. The van der Waals surface area contributed by atoms with Gasteiger partial charge in [-0.3, -0.25) is 4.79 Å². The molecule has 0 bridgehead atoms. The number of anilines is 1. The van der Waals surface area contributed by atoms with E-state index in [1.165, 1.54) is 18.2 Å². The minimum Gasteiger partial charge on any atom is -0.379 e. The van der Waals surface area contributed by atoms with Crippen LogP contribution in [-0.2, 0) is 17.3 Å². The van der Waals surface area contributed by atoms with E-state index in [-0.39, 0.29) is 10.8 Å². The summed E-state index contributed by atoms with van der Waals surface area (Å²) in [4.78, 5) is 16.7. The molecule has 1 atom stereocenters. The summed E-state index contributed by atoms with van der Waals surface area (Å²) in [7, 11) is 0. The van der Waals surface area contributed by atoms with Gasteiger partial charge in [-0.15, -0.1) is 0 Å². The largest absolute Gasteiger partial charge is 0.418 e. The Morgan fingerprint density at radius 3 is 2.46 bits per heavy atom. The molecule has 26 heavy (non-hydrogen) atoms. The first-order valence-electron chi connectivity index (χ1n) is 7.23. The number of nitrogens with zero attached hydrogens (tertiary/aromatic N) is 2. The van der Waals surface area contributed by atoms with Gasteiger partial charge in [0.15, 0.2) is 6.10 Å². The van der Waals surface area contributed by atoms with Crippen LogP contribution in [0.4, 0.5) is 27.6 Å². The molecule has 4 nitrogen and oxygen atoms in total. The number of benzene rings is 1. The number of halogens is 6. The molecular weight excluding hydrogens is 383 g/mol. The number of aromatic nitrogens is 1. The molecule has 2 aromatic rings. The van der Waals surface area contributed by atoms with Gasteiger partial charge < -0.3 is 10.0 Å². The van der Waals surface area contributed by atoms with Gasteiger partial charge in [0.25, 0.3) is 0 Å². The summed E-state index contributed by atoms with van der Waals surface area (Å²) < 4.78 is 67.4. The molecule has 0 saturated carbocycles. The maximum absolute atomic E-state index is 14.5. The minimum atomic E-state index is -5.16. The summed E-state index contributed by atoms with van der Waals surface area (Å²) in [5, 5.41) is 9.51.